The summed E-state index contributed by atoms with van der Waals surface area (Å²) in [6.45, 7) is 5.14. The second kappa shape index (κ2) is 10.9. The predicted octanol–water partition coefficient (Wildman–Crippen LogP) is 4.68. The quantitative estimate of drug-likeness (QED) is 0.513. The molecule has 2 aromatic carbocycles. The van der Waals surface area contributed by atoms with E-state index in [1.54, 1.807) is 23.8 Å². The average Bonchev–Trinajstić information content (AvgIpc) is 2.75. The summed E-state index contributed by atoms with van der Waals surface area (Å²) in [4.78, 5) is 14.6. The van der Waals surface area contributed by atoms with Crippen LogP contribution in [0.1, 0.15) is 13.8 Å². The maximum absolute atomic E-state index is 12.9. The van der Waals surface area contributed by atoms with Crippen molar-refractivity contribution in [1.29, 1.82) is 5.26 Å². The number of nitrogens with zero attached hydrogens (tertiary/aromatic N) is 2. The fourth-order valence-corrected chi connectivity index (χ4v) is 5.40. The summed E-state index contributed by atoms with van der Waals surface area (Å²) in [5, 5.41) is 9.63. The molecule has 0 aromatic heterocycles. The van der Waals surface area contributed by atoms with Crippen molar-refractivity contribution in [3.8, 4) is 28.7 Å². The number of carbonyl (C=O) groups is 1. The summed E-state index contributed by atoms with van der Waals surface area (Å²) in [6, 6.07) is 18.0. The van der Waals surface area contributed by atoms with E-state index < -0.39 is 5.92 Å². The Morgan fingerprint density at radius 3 is 2.65 bits per heavy atom. The van der Waals surface area contributed by atoms with E-state index in [1.165, 1.54) is 0 Å². The number of nitriles is 1. The SMILES string of the molecule is COc1ccccc1-c1cccc(OC2CN(C(=O)C(C#N)C(SCP)C(C)C)C2)c1. The summed E-state index contributed by atoms with van der Waals surface area (Å²) in [5.41, 5.74) is 2.83. The van der Waals surface area contributed by atoms with Gasteiger partial charge in [-0.15, -0.1) is 9.24 Å². The van der Waals surface area contributed by atoms with Crippen LogP contribution in [-0.2, 0) is 4.79 Å². The predicted molar refractivity (Wildman–Crippen MR) is 129 cm³/mol. The zero-order valence-electron chi connectivity index (χ0n) is 18.2. The second-order valence-corrected chi connectivity index (χ2v) is 10.1. The summed E-state index contributed by atoms with van der Waals surface area (Å²) >= 11 is 1.65. The third kappa shape index (κ3) is 5.53. The van der Waals surface area contributed by atoms with Crippen LogP contribution in [0.3, 0.4) is 0 Å². The maximum atomic E-state index is 12.9. The topological polar surface area (TPSA) is 62.6 Å². The van der Waals surface area contributed by atoms with Crippen LogP contribution in [-0.4, -0.2) is 47.9 Å². The summed E-state index contributed by atoms with van der Waals surface area (Å²) < 4.78 is 11.6. The Kier molecular flexibility index (Phi) is 8.23. The van der Waals surface area contributed by atoms with Crippen LogP contribution in [0.25, 0.3) is 11.1 Å². The number of para-hydroxylation sites is 1. The lowest BCUT2D eigenvalue weighted by atomic mass is 9.94. The lowest BCUT2D eigenvalue weighted by molar-refractivity contribution is -0.142. The first-order chi connectivity index (χ1) is 15.0. The van der Waals surface area contributed by atoms with E-state index >= 15 is 0 Å². The molecule has 1 heterocycles. The zero-order chi connectivity index (χ0) is 22.4. The standard InChI is InChI=1S/C24H29N2O3PS/c1-16(2)23(31-15-30)21(12-25)24(27)26-13-19(14-26)29-18-8-6-7-17(11-18)20-9-4-5-10-22(20)28-3/h4-11,16,19,21,23H,13-15,30H2,1-3H3. The molecule has 1 amide bonds. The largest absolute Gasteiger partial charge is 0.496 e. The molecule has 0 N–H and O–H groups in total. The molecule has 0 aliphatic carbocycles. The van der Waals surface area contributed by atoms with Gasteiger partial charge in [0.2, 0.25) is 5.91 Å². The lowest BCUT2D eigenvalue weighted by Crippen LogP contribution is -2.58. The second-order valence-electron chi connectivity index (χ2n) is 7.86. The number of benzene rings is 2. The maximum Gasteiger partial charge on any atom is 0.241 e. The van der Waals surface area contributed by atoms with Crippen molar-refractivity contribution in [3.63, 3.8) is 0 Å². The Labute approximate surface area is 191 Å². The van der Waals surface area contributed by atoms with Gasteiger partial charge in [0.1, 0.15) is 23.5 Å². The van der Waals surface area contributed by atoms with Gasteiger partial charge in [-0.25, -0.2) is 0 Å². The highest BCUT2D eigenvalue weighted by Crippen LogP contribution is 2.33. The highest BCUT2D eigenvalue weighted by atomic mass is 32.2. The number of methoxy groups -OCH3 is 1. The molecular weight excluding hydrogens is 427 g/mol. The van der Waals surface area contributed by atoms with E-state index in [2.05, 4.69) is 29.2 Å². The van der Waals surface area contributed by atoms with E-state index in [-0.39, 0.29) is 23.2 Å². The molecule has 0 radical (unpaired) electrons. The fraction of sp³-hybridized carbons (Fsp3) is 0.417. The molecule has 3 atom stereocenters. The molecule has 3 unspecified atom stereocenters. The Morgan fingerprint density at radius 1 is 1.26 bits per heavy atom. The van der Waals surface area contributed by atoms with Crippen LogP contribution >= 0.6 is 21.0 Å². The van der Waals surface area contributed by atoms with Crippen molar-refractivity contribution in [2.45, 2.75) is 25.2 Å². The molecular formula is C24H29N2O3PS. The summed E-state index contributed by atoms with van der Waals surface area (Å²) in [6.07, 6.45) is -0.0666. The van der Waals surface area contributed by atoms with Crippen LogP contribution in [0.15, 0.2) is 48.5 Å². The number of thioether (sulfide) groups is 1. The lowest BCUT2D eigenvalue weighted by Gasteiger charge is -2.41. The molecule has 1 fully saturated rings. The molecule has 0 bridgehead atoms. The van der Waals surface area contributed by atoms with Crippen molar-refractivity contribution >= 4 is 26.9 Å². The molecule has 1 aliphatic rings. The van der Waals surface area contributed by atoms with E-state index in [1.807, 2.05) is 48.5 Å². The molecule has 164 valence electrons. The normalized spacial score (nSPS) is 15.7. The first-order valence-corrected chi connectivity index (χ1v) is 12.2. The highest BCUT2D eigenvalue weighted by molar-refractivity contribution is 8.02. The first-order valence-electron chi connectivity index (χ1n) is 10.4. The molecule has 0 saturated carbocycles. The molecule has 1 saturated heterocycles. The number of carbonyl (C=O) groups excluding carboxylic acids is 1. The smallest absolute Gasteiger partial charge is 0.241 e. The van der Waals surface area contributed by atoms with Gasteiger partial charge in [0, 0.05) is 16.3 Å². The van der Waals surface area contributed by atoms with Crippen molar-refractivity contribution in [3.05, 3.63) is 48.5 Å². The van der Waals surface area contributed by atoms with E-state index in [0.717, 1.165) is 28.1 Å². The molecule has 31 heavy (non-hydrogen) atoms. The fourth-order valence-electron chi connectivity index (χ4n) is 3.76. The summed E-state index contributed by atoms with van der Waals surface area (Å²) in [7, 11) is 4.32. The van der Waals surface area contributed by atoms with E-state index in [9.17, 15) is 10.1 Å². The third-order valence-electron chi connectivity index (χ3n) is 5.39. The van der Waals surface area contributed by atoms with Gasteiger partial charge >= 0.3 is 0 Å². The molecule has 3 rings (SSSR count). The molecule has 0 spiro atoms. The molecule has 7 heteroatoms. The van der Waals surface area contributed by atoms with Gasteiger partial charge in [-0.2, -0.15) is 17.0 Å². The Balaban J connectivity index is 1.62. The van der Waals surface area contributed by atoms with Crippen LogP contribution in [0, 0.1) is 23.2 Å². The Morgan fingerprint density at radius 2 is 2.00 bits per heavy atom. The van der Waals surface area contributed by atoms with Gasteiger partial charge in [-0.1, -0.05) is 44.2 Å². The van der Waals surface area contributed by atoms with Gasteiger partial charge in [0.05, 0.1) is 26.3 Å². The average molecular weight is 457 g/mol. The first kappa shape index (κ1) is 23.4. The van der Waals surface area contributed by atoms with Crippen LogP contribution in [0.2, 0.25) is 0 Å². The van der Waals surface area contributed by atoms with Crippen molar-refractivity contribution in [2.75, 3.05) is 25.7 Å². The third-order valence-corrected chi connectivity index (χ3v) is 7.37. The highest BCUT2D eigenvalue weighted by Gasteiger charge is 2.40. The van der Waals surface area contributed by atoms with Crippen LogP contribution in [0.5, 0.6) is 11.5 Å². The van der Waals surface area contributed by atoms with Crippen molar-refractivity contribution in [2.24, 2.45) is 11.8 Å². The number of hydrogen-bond donors (Lipinski definition) is 0. The minimum atomic E-state index is -0.625. The van der Waals surface area contributed by atoms with Gasteiger partial charge in [0.15, 0.2) is 0 Å². The van der Waals surface area contributed by atoms with Crippen LogP contribution in [0.4, 0.5) is 0 Å². The van der Waals surface area contributed by atoms with Crippen molar-refractivity contribution in [1.82, 2.24) is 4.90 Å². The van der Waals surface area contributed by atoms with Crippen molar-refractivity contribution < 1.29 is 14.3 Å². The van der Waals surface area contributed by atoms with E-state index in [0.29, 0.717) is 13.1 Å². The van der Waals surface area contributed by atoms with Gasteiger partial charge in [0.25, 0.3) is 0 Å². The number of hydrogen-bond acceptors (Lipinski definition) is 5. The molecule has 2 aromatic rings. The van der Waals surface area contributed by atoms with Crippen LogP contribution < -0.4 is 9.47 Å². The number of likely N-dealkylation sites (tertiary alicyclic amines) is 1. The Hall–Kier alpha value is -2.22. The molecule has 5 nitrogen and oxygen atoms in total. The monoisotopic (exact) mass is 456 g/mol. The van der Waals surface area contributed by atoms with Gasteiger partial charge in [-0.3, -0.25) is 4.79 Å². The zero-order valence-corrected chi connectivity index (χ0v) is 20.1. The van der Waals surface area contributed by atoms with E-state index in [4.69, 9.17) is 9.47 Å². The minimum Gasteiger partial charge on any atom is -0.496 e. The summed E-state index contributed by atoms with van der Waals surface area (Å²) in [5.74, 6) is 1.11. The molecule has 1 aliphatic heterocycles. The number of ether oxygens (including phenoxy) is 2. The van der Waals surface area contributed by atoms with Gasteiger partial charge < -0.3 is 14.4 Å². The van der Waals surface area contributed by atoms with Gasteiger partial charge in [-0.05, 0) is 29.7 Å². The Bertz CT molecular complexity index is 940. The number of rotatable bonds is 9. The number of amides is 1. The minimum absolute atomic E-state index is 0.00694.